The quantitative estimate of drug-likeness (QED) is 0.455. The molecular formula is C5H5N3O2. The van der Waals surface area contributed by atoms with Gasteiger partial charge in [-0.3, -0.25) is 0 Å². The number of aromatic nitrogens is 1. The fourth-order valence-electron chi connectivity index (χ4n) is 0.562. The molecule has 0 aliphatic rings. The van der Waals surface area contributed by atoms with Crippen molar-refractivity contribution in [3.05, 3.63) is 28.4 Å². The molecule has 0 aromatic carbocycles. The van der Waals surface area contributed by atoms with Gasteiger partial charge in [0.05, 0.1) is 0 Å². The van der Waals surface area contributed by atoms with Crippen molar-refractivity contribution < 1.29 is 4.92 Å². The van der Waals surface area contributed by atoms with E-state index < -0.39 is 4.92 Å². The van der Waals surface area contributed by atoms with Crippen LogP contribution < -0.4 is 5.73 Å². The Labute approximate surface area is 56.6 Å². The number of nitrogens with two attached hydrogens (primary N) is 1. The molecule has 10 heavy (non-hydrogen) atoms. The lowest BCUT2D eigenvalue weighted by Gasteiger charge is -1.92. The minimum atomic E-state index is -0.616. The van der Waals surface area contributed by atoms with E-state index >= 15 is 0 Å². The van der Waals surface area contributed by atoms with Gasteiger partial charge in [0.2, 0.25) is 0 Å². The lowest BCUT2D eigenvalue weighted by Crippen LogP contribution is -1.96. The third-order valence-corrected chi connectivity index (χ3v) is 0.990. The summed E-state index contributed by atoms with van der Waals surface area (Å²) in [6.45, 7) is 0. The highest BCUT2D eigenvalue weighted by atomic mass is 16.6. The van der Waals surface area contributed by atoms with Gasteiger partial charge in [0.1, 0.15) is 11.9 Å². The van der Waals surface area contributed by atoms with Crippen molar-refractivity contribution in [2.75, 3.05) is 5.73 Å². The van der Waals surface area contributed by atoms with E-state index in [1.807, 2.05) is 0 Å². The van der Waals surface area contributed by atoms with Crippen molar-refractivity contribution in [1.82, 2.24) is 4.98 Å². The Morgan fingerprint density at radius 3 is 2.80 bits per heavy atom. The van der Waals surface area contributed by atoms with E-state index in [4.69, 9.17) is 5.73 Å². The Kier molecular flexibility index (Phi) is 1.49. The molecular weight excluding hydrogens is 134 g/mol. The van der Waals surface area contributed by atoms with E-state index in [9.17, 15) is 10.1 Å². The van der Waals surface area contributed by atoms with Crippen LogP contribution in [0.1, 0.15) is 0 Å². The molecule has 52 valence electrons. The lowest BCUT2D eigenvalue weighted by molar-refractivity contribution is -0.388. The summed E-state index contributed by atoms with van der Waals surface area (Å²) in [6.07, 6.45) is 1.33. The van der Waals surface area contributed by atoms with Crippen LogP contribution in [0.25, 0.3) is 0 Å². The fourth-order valence-corrected chi connectivity index (χ4v) is 0.562. The number of hydrogen-bond donors (Lipinski definition) is 1. The molecule has 0 aliphatic heterocycles. The van der Waals surface area contributed by atoms with Crippen LogP contribution in [0.5, 0.6) is 0 Å². The number of rotatable bonds is 1. The number of hydrogen-bond acceptors (Lipinski definition) is 4. The normalized spacial score (nSPS) is 9.20. The molecule has 5 heteroatoms. The molecule has 0 atom stereocenters. The zero-order valence-corrected chi connectivity index (χ0v) is 5.02. The van der Waals surface area contributed by atoms with Crippen molar-refractivity contribution >= 4 is 11.5 Å². The van der Waals surface area contributed by atoms with Crippen molar-refractivity contribution in [3.63, 3.8) is 0 Å². The number of pyridine rings is 1. The maximum absolute atomic E-state index is 10.1. The summed E-state index contributed by atoms with van der Waals surface area (Å²) >= 11 is 0. The smallest absolute Gasteiger partial charge is 0.386 e. The Morgan fingerprint density at radius 1 is 1.70 bits per heavy atom. The predicted molar refractivity (Wildman–Crippen MR) is 35.3 cm³/mol. The van der Waals surface area contributed by atoms with E-state index in [0.717, 1.165) is 0 Å². The van der Waals surface area contributed by atoms with Crippen LogP contribution in [-0.2, 0) is 0 Å². The molecule has 0 fully saturated rings. The number of nitrogen functional groups attached to an aromatic ring is 1. The number of anilines is 1. The summed E-state index contributed by atoms with van der Waals surface area (Å²) in [5.41, 5.74) is 5.31. The molecule has 1 heterocycles. The topological polar surface area (TPSA) is 82.0 Å². The molecule has 1 aromatic rings. The summed E-state index contributed by atoms with van der Waals surface area (Å²) in [5, 5.41) is 10.1. The summed E-state index contributed by atoms with van der Waals surface area (Å²) < 4.78 is 0. The van der Waals surface area contributed by atoms with Gasteiger partial charge < -0.3 is 15.8 Å². The van der Waals surface area contributed by atoms with Gasteiger partial charge in [0.15, 0.2) is 0 Å². The molecule has 0 spiro atoms. The molecule has 1 aromatic heterocycles. The standard InChI is InChI=1S/C5H5N3O2/c6-4-2-1-3-7-5(4)8(9)10/h1-3H,6H2. The third-order valence-electron chi connectivity index (χ3n) is 0.990. The molecule has 2 N–H and O–H groups in total. The maximum Gasteiger partial charge on any atom is 0.386 e. The van der Waals surface area contributed by atoms with Gasteiger partial charge in [-0.1, -0.05) is 0 Å². The molecule has 0 saturated heterocycles. The third kappa shape index (κ3) is 1.02. The van der Waals surface area contributed by atoms with Crippen molar-refractivity contribution in [2.45, 2.75) is 0 Å². The second kappa shape index (κ2) is 2.30. The first-order valence-electron chi connectivity index (χ1n) is 2.56. The average molecular weight is 139 g/mol. The highest BCUT2D eigenvalue weighted by Gasteiger charge is 2.09. The van der Waals surface area contributed by atoms with E-state index in [-0.39, 0.29) is 11.5 Å². The largest absolute Gasteiger partial charge is 0.392 e. The maximum atomic E-state index is 10.1. The van der Waals surface area contributed by atoms with E-state index in [1.54, 1.807) is 6.07 Å². The van der Waals surface area contributed by atoms with Crippen molar-refractivity contribution in [3.8, 4) is 0 Å². The predicted octanol–water partition coefficient (Wildman–Crippen LogP) is 0.572. The van der Waals surface area contributed by atoms with Crippen LogP contribution in [-0.4, -0.2) is 9.91 Å². The highest BCUT2D eigenvalue weighted by molar-refractivity contribution is 5.51. The van der Waals surface area contributed by atoms with E-state index in [2.05, 4.69) is 4.98 Å². The molecule has 0 aliphatic carbocycles. The number of nitrogens with zero attached hydrogens (tertiary/aromatic N) is 2. The summed E-state index contributed by atoms with van der Waals surface area (Å²) in [6, 6.07) is 2.98. The van der Waals surface area contributed by atoms with Gasteiger partial charge in [-0.15, -0.1) is 0 Å². The van der Waals surface area contributed by atoms with Crippen molar-refractivity contribution in [2.24, 2.45) is 0 Å². The van der Waals surface area contributed by atoms with Gasteiger partial charge in [-0.25, -0.2) is 0 Å². The average Bonchev–Trinajstić information content (AvgIpc) is 1.88. The van der Waals surface area contributed by atoms with Gasteiger partial charge >= 0.3 is 5.82 Å². The van der Waals surface area contributed by atoms with Crippen LogP contribution in [0.4, 0.5) is 11.5 Å². The molecule has 0 radical (unpaired) electrons. The molecule has 1 rings (SSSR count). The van der Waals surface area contributed by atoms with Gasteiger partial charge in [-0.2, -0.15) is 0 Å². The lowest BCUT2D eigenvalue weighted by atomic mass is 10.4. The van der Waals surface area contributed by atoms with Crippen LogP contribution in [0.3, 0.4) is 0 Å². The second-order valence-corrected chi connectivity index (χ2v) is 1.67. The molecule has 0 unspecified atom stereocenters. The highest BCUT2D eigenvalue weighted by Crippen LogP contribution is 2.14. The SMILES string of the molecule is Nc1cccnc1[N+](=O)[O-]. The zero-order chi connectivity index (χ0) is 7.56. The zero-order valence-electron chi connectivity index (χ0n) is 5.02. The first kappa shape index (κ1) is 6.47. The number of nitro groups is 1. The van der Waals surface area contributed by atoms with Crippen LogP contribution in [0.2, 0.25) is 0 Å². The monoisotopic (exact) mass is 139 g/mol. The van der Waals surface area contributed by atoms with E-state index in [0.29, 0.717) is 0 Å². The summed E-state index contributed by atoms with van der Waals surface area (Å²) in [7, 11) is 0. The van der Waals surface area contributed by atoms with Crippen molar-refractivity contribution in [1.29, 1.82) is 0 Å². The van der Waals surface area contributed by atoms with Gasteiger partial charge in [0.25, 0.3) is 0 Å². The fraction of sp³-hybridized carbons (Fsp3) is 0. The molecule has 5 nitrogen and oxygen atoms in total. The van der Waals surface area contributed by atoms with Crippen LogP contribution in [0.15, 0.2) is 18.3 Å². The van der Waals surface area contributed by atoms with Gasteiger partial charge in [-0.05, 0) is 22.0 Å². The Balaban J connectivity index is 3.15. The first-order chi connectivity index (χ1) is 4.72. The summed E-state index contributed by atoms with van der Waals surface area (Å²) in [4.78, 5) is 12.9. The first-order valence-corrected chi connectivity index (χ1v) is 2.56. The van der Waals surface area contributed by atoms with Gasteiger partial charge in [0, 0.05) is 0 Å². The molecule has 0 amide bonds. The second-order valence-electron chi connectivity index (χ2n) is 1.67. The molecule has 0 saturated carbocycles. The molecule has 0 bridgehead atoms. The minimum absolute atomic E-state index is 0.0903. The Morgan fingerprint density at radius 2 is 2.40 bits per heavy atom. The van der Waals surface area contributed by atoms with Crippen LogP contribution in [0, 0.1) is 10.1 Å². The Hall–Kier alpha value is -1.65. The summed E-state index contributed by atoms with van der Waals surface area (Å²) in [5.74, 6) is -0.289. The van der Waals surface area contributed by atoms with Crippen LogP contribution >= 0.6 is 0 Å². The minimum Gasteiger partial charge on any atom is -0.392 e. The van der Waals surface area contributed by atoms with E-state index in [1.165, 1.54) is 12.3 Å². The Bertz CT molecular complexity index is 261.